The van der Waals surface area contributed by atoms with Crippen molar-refractivity contribution >= 4 is 22.9 Å². The highest BCUT2D eigenvalue weighted by Crippen LogP contribution is 2.16. The van der Waals surface area contributed by atoms with Crippen molar-refractivity contribution in [1.82, 2.24) is 15.2 Å². The van der Waals surface area contributed by atoms with Crippen LogP contribution in [0.3, 0.4) is 0 Å². The molecule has 0 saturated carbocycles. The average molecular weight is 338 g/mol. The van der Waals surface area contributed by atoms with E-state index in [1.807, 2.05) is 13.8 Å². The Morgan fingerprint density at radius 1 is 1.32 bits per heavy atom. The van der Waals surface area contributed by atoms with E-state index in [1.54, 1.807) is 30.5 Å². The van der Waals surface area contributed by atoms with Crippen molar-refractivity contribution in [2.24, 2.45) is 11.0 Å². The molecule has 0 radical (unpaired) electrons. The van der Waals surface area contributed by atoms with E-state index in [4.69, 9.17) is 0 Å². The SMILES string of the molecule is CC(C)n1nc(C(=O)N/N=C\[C@@H]2CC=CCC2)c2ccccc2c1=O. The van der Waals surface area contributed by atoms with Gasteiger partial charge in [-0.15, -0.1) is 0 Å². The molecule has 1 amide bonds. The number of carbonyl (C=O) groups is 1. The van der Waals surface area contributed by atoms with Gasteiger partial charge >= 0.3 is 0 Å². The molecule has 2 aromatic rings. The molecule has 1 aliphatic rings. The Morgan fingerprint density at radius 2 is 2.08 bits per heavy atom. The number of fused-ring (bicyclic) bond motifs is 1. The van der Waals surface area contributed by atoms with Crippen LogP contribution < -0.4 is 11.0 Å². The maximum absolute atomic E-state index is 12.6. The minimum Gasteiger partial charge on any atom is -0.267 e. The second-order valence-corrected chi connectivity index (χ2v) is 6.50. The van der Waals surface area contributed by atoms with Crippen LogP contribution in [0.1, 0.15) is 49.6 Å². The summed E-state index contributed by atoms with van der Waals surface area (Å²) < 4.78 is 1.34. The van der Waals surface area contributed by atoms with E-state index in [0.29, 0.717) is 16.7 Å². The first kappa shape index (κ1) is 17.1. The Hall–Kier alpha value is -2.76. The lowest BCUT2D eigenvalue weighted by Crippen LogP contribution is -2.30. The molecule has 1 aromatic carbocycles. The largest absolute Gasteiger partial charge is 0.292 e. The third-order valence-electron chi connectivity index (χ3n) is 4.29. The molecule has 130 valence electrons. The van der Waals surface area contributed by atoms with E-state index in [0.717, 1.165) is 19.3 Å². The number of allylic oxidation sites excluding steroid dienone is 2. The number of aromatic nitrogens is 2. The minimum absolute atomic E-state index is 0.138. The first-order valence-corrected chi connectivity index (χ1v) is 8.58. The molecule has 0 fully saturated rings. The van der Waals surface area contributed by atoms with Crippen LogP contribution in [0, 0.1) is 5.92 Å². The zero-order valence-corrected chi connectivity index (χ0v) is 14.5. The monoisotopic (exact) mass is 338 g/mol. The molecule has 0 unspecified atom stereocenters. The van der Waals surface area contributed by atoms with Crippen LogP contribution in [0.15, 0.2) is 46.3 Å². The summed E-state index contributed by atoms with van der Waals surface area (Å²) in [5.74, 6) is -0.0622. The summed E-state index contributed by atoms with van der Waals surface area (Å²) in [6.45, 7) is 3.72. The summed E-state index contributed by atoms with van der Waals surface area (Å²) in [5, 5.41) is 9.39. The van der Waals surface area contributed by atoms with Crippen molar-refractivity contribution in [3.05, 3.63) is 52.5 Å². The summed E-state index contributed by atoms with van der Waals surface area (Å²) >= 11 is 0. The van der Waals surface area contributed by atoms with Gasteiger partial charge in [-0.2, -0.15) is 10.2 Å². The number of hydrogen-bond acceptors (Lipinski definition) is 4. The second-order valence-electron chi connectivity index (χ2n) is 6.50. The van der Waals surface area contributed by atoms with Crippen LogP contribution in [0.2, 0.25) is 0 Å². The number of benzene rings is 1. The third kappa shape index (κ3) is 3.68. The van der Waals surface area contributed by atoms with E-state index < -0.39 is 5.91 Å². The Bertz CT molecular complexity index is 896. The molecule has 0 aliphatic heterocycles. The van der Waals surface area contributed by atoms with Crippen LogP contribution in [-0.2, 0) is 0 Å². The smallest absolute Gasteiger partial charge is 0.267 e. The zero-order valence-electron chi connectivity index (χ0n) is 14.5. The number of nitrogens with zero attached hydrogens (tertiary/aromatic N) is 3. The Kier molecular flexibility index (Phi) is 5.07. The van der Waals surface area contributed by atoms with Gasteiger partial charge in [0.05, 0.1) is 11.4 Å². The summed E-state index contributed by atoms with van der Waals surface area (Å²) in [7, 11) is 0. The van der Waals surface area contributed by atoms with Gasteiger partial charge in [-0.1, -0.05) is 30.4 Å². The van der Waals surface area contributed by atoms with Crippen LogP contribution >= 0.6 is 0 Å². The molecule has 0 spiro atoms. The molecule has 0 saturated heterocycles. The highest BCUT2D eigenvalue weighted by molar-refractivity contribution is 6.04. The predicted molar refractivity (Wildman–Crippen MR) is 98.8 cm³/mol. The molecule has 1 aliphatic carbocycles. The molecule has 1 N–H and O–H groups in total. The van der Waals surface area contributed by atoms with Crippen LogP contribution in [0.5, 0.6) is 0 Å². The third-order valence-corrected chi connectivity index (χ3v) is 4.29. The molecule has 6 nitrogen and oxygen atoms in total. The molecule has 3 rings (SSSR count). The minimum atomic E-state index is -0.409. The lowest BCUT2D eigenvalue weighted by atomic mass is 9.96. The van der Waals surface area contributed by atoms with Crippen molar-refractivity contribution in [2.75, 3.05) is 0 Å². The van der Waals surface area contributed by atoms with Crippen molar-refractivity contribution in [3.8, 4) is 0 Å². The van der Waals surface area contributed by atoms with E-state index in [1.165, 1.54) is 4.68 Å². The fourth-order valence-electron chi connectivity index (χ4n) is 2.93. The summed E-state index contributed by atoms with van der Waals surface area (Å²) in [6, 6.07) is 6.88. The Balaban J connectivity index is 1.90. The maximum atomic E-state index is 12.6. The highest BCUT2D eigenvalue weighted by Gasteiger charge is 2.17. The fraction of sp³-hybridized carbons (Fsp3) is 0.368. The van der Waals surface area contributed by atoms with E-state index >= 15 is 0 Å². The number of carbonyl (C=O) groups excluding carboxylic acids is 1. The van der Waals surface area contributed by atoms with Gasteiger partial charge in [0.25, 0.3) is 11.5 Å². The van der Waals surface area contributed by atoms with Gasteiger partial charge in [-0.3, -0.25) is 9.59 Å². The summed E-state index contributed by atoms with van der Waals surface area (Å²) in [5.41, 5.74) is 2.57. The van der Waals surface area contributed by atoms with Gasteiger partial charge in [0.1, 0.15) is 0 Å². The molecule has 0 bridgehead atoms. The summed E-state index contributed by atoms with van der Waals surface area (Å²) in [6.07, 6.45) is 9.09. The van der Waals surface area contributed by atoms with Gasteiger partial charge in [-0.05, 0) is 45.1 Å². The van der Waals surface area contributed by atoms with Gasteiger partial charge < -0.3 is 0 Å². The fourth-order valence-corrected chi connectivity index (χ4v) is 2.93. The normalized spacial score (nSPS) is 17.5. The Labute approximate surface area is 146 Å². The van der Waals surface area contributed by atoms with Crippen LogP contribution in [0.25, 0.3) is 10.8 Å². The molecular formula is C19H22N4O2. The molecular weight excluding hydrogens is 316 g/mol. The average Bonchev–Trinajstić information content (AvgIpc) is 2.62. The topological polar surface area (TPSA) is 76.3 Å². The Morgan fingerprint density at radius 3 is 2.76 bits per heavy atom. The number of rotatable bonds is 4. The van der Waals surface area contributed by atoms with E-state index in [2.05, 4.69) is 27.8 Å². The van der Waals surface area contributed by atoms with Crippen LogP contribution in [0.4, 0.5) is 0 Å². The van der Waals surface area contributed by atoms with Gasteiger partial charge in [0.15, 0.2) is 5.69 Å². The molecule has 6 heteroatoms. The zero-order chi connectivity index (χ0) is 17.8. The van der Waals surface area contributed by atoms with E-state index in [9.17, 15) is 9.59 Å². The highest BCUT2D eigenvalue weighted by atomic mass is 16.2. The second kappa shape index (κ2) is 7.42. The van der Waals surface area contributed by atoms with Crippen LogP contribution in [-0.4, -0.2) is 21.9 Å². The van der Waals surface area contributed by atoms with Crippen molar-refractivity contribution in [3.63, 3.8) is 0 Å². The van der Waals surface area contributed by atoms with Gasteiger partial charge in [-0.25, -0.2) is 10.1 Å². The summed E-state index contributed by atoms with van der Waals surface area (Å²) in [4.78, 5) is 25.1. The standard InChI is InChI=1S/C19H22N4O2/c1-13(2)23-19(25)16-11-7-6-10-15(16)17(22-23)18(24)21-20-12-14-8-4-3-5-9-14/h3-4,6-7,10-14H,5,8-9H2,1-2H3,(H,21,24)/b20-12-/t14-/m1/s1. The number of amides is 1. The predicted octanol–water partition coefficient (Wildman–Crippen LogP) is 3.05. The van der Waals surface area contributed by atoms with E-state index in [-0.39, 0.29) is 17.3 Å². The molecule has 25 heavy (non-hydrogen) atoms. The number of nitrogens with one attached hydrogen (secondary N) is 1. The molecule has 1 atom stereocenters. The quantitative estimate of drug-likeness (QED) is 0.529. The molecule has 1 heterocycles. The first-order valence-electron chi connectivity index (χ1n) is 8.58. The van der Waals surface area contributed by atoms with Gasteiger partial charge in [0, 0.05) is 11.6 Å². The van der Waals surface area contributed by atoms with Crippen molar-refractivity contribution in [1.29, 1.82) is 0 Å². The number of hydrogen-bond donors (Lipinski definition) is 1. The van der Waals surface area contributed by atoms with Gasteiger partial charge in [0.2, 0.25) is 0 Å². The maximum Gasteiger partial charge on any atom is 0.292 e. The number of hydrazone groups is 1. The first-order chi connectivity index (χ1) is 12.1. The molecule has 1 aromatic heterocycles. The lowest BCUT2D eigenvalue weighted by Gasteiger charge is -2.13. The van der Waals surface area contributed by atoms with Crippen molar-refractivity contribution in [2.45, 2.75) is 39.2 Å². The van der Waals surface area contributed by atoms with Crippen molar-refractivity contribution < 1.29 is 4.79 Å². The lowest BCUT2D eigenvalue weighted by molar-refractivity contribution is 0.0949.